The molecule has 1 aliphatic rings. The maximum absolute atomic E-state index is 13.7. The molecule has 2 aromatic carbocycles. The van der Waals surface area contributed by atoms with Gasteiger partial charge in [0.2, 0.25) is 5.13 Å². The second-order valence-corrected chi connectivity index (χ2v) is 12.0. The second-order valence-electron chi connectivity index (χ2n) is 9.87. The summed E-state index contributed by atoms with van der Waals surface area (Å²) in [5.41, 5.74) is 3.72. The van der Waals surface area contributed by atoms with E-state index < -0.39 is 17.7 Å². The summed E-state index contributed by atoms with van der Waals surface area (Å²) in [5, 5.41) is 20.4. The topological polar surface area (TPSA) is 110 Å². The Kier molecular flexibility index (Phi) is 7.72. The number of hydrogen-bond acceptors (Lipinski definition) is 9. The number of thioether (sulfide) groups is 1. The monoisotopic (exact) mass is 615 g/mol. The number of carbonyl (C=O) groups is 2. The number of ketones is 1. The Morgan fingerprint density at radius 3 is 2.63 bits per heavy atom. The number of ether oxygens (including phenoxy) is 1. The van der Waals surface area contributed by atoms with Crippen LogP contribution in [0.1, 0.15) is 41.0 Å². The number of hydrogen-bond donors (Lipinski definition) is 1. The van der Waals surface area contributed by atoms with Crippen LogP contribution in [0.15, 0.2) is 76.8 Å². The molecule has 12 heteroatoms. The Balaban J connectivity index is 1.44. The minimum atomic E-state index is -1.01. The van der Waals surface area contributed by atoms with Gasteiger partial charge in [-0.3, -0.25) is 14.5 Å². The number of rotatable bonds is 8. The zero-order valence-corrected chi connectivity index (χ0v) is 25.1. The van der Waals surface area contributed by atoms with Crippen LogP contribution in [-0.2, 0) is 15.3 Å². The van der Waals surface area contributed by atoms with Crippen molar-refractivity contribution in [3.8, 4) is 5.75 Å². The third-order valence-corrected chi connectivity index (χ3v) is 9.24. The van der Waals surface area contributed by atoms with Gasteiger partial charge in [0.1, 0.15) is 22.9 Å². The van der Waals surface area contributed by atoms with Crippen molar-refractivity contribution >= 4 is 51.3 Å². The number of Topliss-reactive ketones (excluding diaryl/α,β-unsaturated/α-hetero) is 1. The van der Waals surface area contributed by atoms with Crippen molar-refractivity contribution in [3.05, 3.63) is 106 Å². The zero-order chi connectivity index (χ0) is 30.2. The van der Waals surface area contributed by atoms with E-state index in [4.69, 9.17) is 4.74 Å². The molecule has 0 saturated carbocycles. The van der Waals surface area contributed by atoms with E-state index in [2.05, 4.69) is 15.2 Å². The van der Waals surface area contributed by atoms with Gasteiger partial charge in [-0.05, 0) is 67.8 Å². The number of aromatic nitrogens is 4. The molecule has 1 fully saturated rings. The lowest BCUT2D eigenvalue weighted by atomic mass is 9.96. The lowest BCUT2D eigenvalue weighted by Crippen LogP contribution is -2.29. The third kappa shape index (κ3) is 5.28. The maximum Gasteiger partial charge on any atom is 0.301 e. The molecule has 0 spiro atoms. The summed E-state index contributed by atoms with van der Waals surface area (Å²) < 4.78 is 21.4. The number of pyridine rings is 1. The van der Waals surface area contributed by atoms with E-state index >= 15 is 0 Å². The van der Waals surface area contributed by atoms with Crippen LogP contribution in [0.25, 0.3) is 11.4 Å². The predicted octanol–water partition coefficient (Wildman–Crippen LogP) is 6.26. The van der Waals surface area contributed by atoms with Crippen molar-refractivity contribution in [2.75, 3.05) is 11.5 Å². The highest BCUT2D eigenvalue weighted by Gasteiger charge is 2.49. The summed E-state index contributed by atoms with van der Waals surface area (Å²) >= 11 is 2.54. The highest BCUT2D eigenvalue weighted by molar-refractivity contribution is 8.00. The molecule has 6 rings (SSSR count). The van der Waals surface area contributed by atoms with Gasteiger partial charge in [-0.15, -0.1) is 10.2 Å². The van der Waals surface area contributed by atoms with E-state index in [1.54, 1.807) is 43.3 Å². The second kappa shape index (κ2) is 11.6. The van der Waals surface area contributed by atoms with Gasteiger partial charge in [0, 0.05) is 11.9 Å². The van der Waals surface area contributed by atoms with E-state index in [1.807, 2.05) is 36.6 Å². The molecular formula is C31H26FN5O4S2. The summed E-state index contributed by atoms with van der Waals surface area (Å²) in [5.74, 6) is -1.31. The first-order chi connectivity index (χ1) is 20.8. The average molecular weight is 616 g/mol. The van der Waals surface area contributed by atoms with Gasteiger partial charge in [0.15, 0.2) is 10.1 Å². The van der Waals surface area contributed by atoms with Gasteiger partial charge >= 0.3 is 5.91 Å². The number of nitrogens with zero attached hydrogens (tertiary/aromatic N) is 5. The van der Waals surface area contributed by atoms with Gasteiger partial charge in [-0.2, -0.15) is 0 Å². The molecule has 3 aromatic heterocycles. The van der Waals surface area contributed by atoms with Crippen LogP contribution >= 0.6 is 23.1 Å². The first-order valence-corrected chi connectivity index (χ1v) is 15.3. The highest BCUT2D eigenvalue weighted by atomic mass is 32.2. The number of fused-ring (bicyclic) bond motifs is 1. The lowest BCUT2D eigenvalue weighted by Gasteiger charge is -2.22. The highest BCUT2D eigenvalue weighted by Crippen LogP contribution is 2.45. The first-order valence-electron chi connectivity index (χ1n) is 13.5. The van der Waals surface area contributed by atoms with Crippen LogP contribution in [0, 0.1) is 19.7 Å². The third-order valence-electron chi connectivity index (χ3n) is 7.12. The van der Waals surface area contributed by atoms with Crippen molar-refractivity contribution in [3.63, 3.8) is 0 Å². The number of imidazole rings is 1. The van der Waals surface area contributed by atoms with Gasteiger partial charge in [-0.1, -0.05) is 53.4 Å². The number of benzene rings is 2. The normalized spacial score (nSPS) is 16.4. The molecule has 5 aromatic rings. The van der Waals surface area contributed by atoms with Crippen molar-refractivity contribution in [1.29, 1.82) is 0 Å². The minimum absolute atomic E-state index is 0.0986. The van der Waals surface area contributed by atoms with Gasteiger partial charge < -0.3 is 14.2 Å². The molecule has 218 valence electrons. The minimum Gasteiger partial charge on any atom is -0.505 e. The first kappa shape index (κ1) is 28.6. The van der Waals surface area contributed by atoms with E-state index in [0.717, 1.165) is 22.5 Å². The summed E-state index contributed by atoms with van der Waals surface area (Å²) in [4.78, 5) is 33.3. The van der Waals surface area contributed by atoms with Crippen LogP contribution in [0.4, 0.5) is 9.52 Å². The number of aliphatic hydroxyl groups excluding tert-OH is 1. The lowest BCUT2D eigenvalue weighted by molar-refractivity contribution is -0.132. The summed E-state index contributed by atoms with van der Waals surface area (Å²) in [6.45, 7) is 5.99. The molecule has 0 aliphatic carbocycles. The molecule has 4 heterocycles. The maximum atomic E-state index is 13.7. The Bertz CT molecular complexity index is 1900. The van der Waals surface area contributed by atoms with Crippen LogP contribution < -0.4 is 9.64 Å². The quantitative estimate of drug-likeness (QED) is 0.0717. The molecule has 9 nitrogen and oxygen atoms in total. The van der Waals surface area contributed by atoms with E-state index in [9.17, 15) is 19.1 Å². The molecule has 1 atom stereocenters. The predicted molar refractivity (Wildman–Crippen MR) is 163 cm³/mol. The summed E-state index contributed by atoms with van der Waals surface area (Å²) in [6, 6.07) is 16.0. The Labute approximate surface area is 254 Å². The molecule has 0 bridgehead atoms. The van der Waals surface area contributed by atoms with Crippen LogP contribution in [0.2, 0.25) is 0 Å². The molecular weight excluding hydrogens is 590 g/mol. The fraction of sp³-hybridized carbons (Fsp3) is 0.194. The molecule has 1 N–H and O–H groups in total. The molecule has 1 amide bonds. The standard InChI is InChI=1S/C31H26FN5O4S2/c1-4-41-22-9-5-8-20(15-22)25-23(26(38)24-18(3)36-14-6-7-17(2)28(36)33-24)27(39)29(40)37(25)30-34-35-31(43-30)42-16-19-10-12-21(32)13-11-19/h5-15,25,38H,4,16H2,1-3H3. The number of aliphatic hydroxyl groups is 1. The van der Waals surface area contributed by atoms with E-state index in [1.165, 1.54) is 28.8 Å². The Morgan fingerprint density at radius 1 is 1.09 bits per heavy atom. The Morgan fingerprint density at radius 2 is 1.88 bits per heavy atom. The summed E-state index contributed by atoms with van der Waals surface area (Å²) in [7, 11) is 0. The molecule has 1 aliphatic heterocycles. The Hall–Kier alpha value is -4.55. The number of aryl methyl sites for hydroxylation is 2. The fourth-order valence-electron chi connectivity index (χ4n) is 5.04. The molecule has 1 saturated heterocycles. The number of amides is 1. The smallest absolute Gasteiger partial charge is 0.301 e. The van der Waals surface area contributed by atoms with E-state index in [0.29, 0.717) is 39.4 Å². The summed E-state index contributed by atoms with van der Waals surface area (Å²) in [6.07, 6.45) is 1.83. The number of anilines is 1. The van der Waals surface area contributed by atoms with Crippen LogP contribution in [-0.4, -0.2) is 43.0 Å². The fourth-order valence-corrected chi connectivity index (χ4v) is 6.87. The SMILES string of the molecule is CCOc1cccc(C2C(=C(O)c3nc4c(C)cccn4c3C)C(=O)C(=O)N2c2nnc(SCc3ccc(F)cc3)s2)c1. The van der Waals surface area contributed by atoms with Crippen LogP contribution in [0.3, 0.4) is 0 Å². The molecule has 43 heavy (non-hydrogen) atoms. The van der Waals surface area contributed by atoms with Crippen molar-refractivity contribution in [1.82, 2.24) is 19.6 Å². The van der Waals surface area contributed by atoms with Crippen molar-refractivity contribution in [2.45, 2.75) is 36.9 Å². The largest absolute Gasteiger partial charge is 0.505 e. The van der Waals surface area contributed by atoms with Crippen molar-refractivity contribution in [2.24, 2.45) is 0 Å². The zero-order valence-electron chi connectivity index (χ0n) is 23.4. The number of carbonyl (C=O) groups excluding carboxylic acids is 2. The molecule has 0 radical (unpaired) electrons. The van der Waals surface area contributed by atoms with Gasteiger partial charge in [-0.25, -0.2) is 9.37 Å². The van der Waals surface area contributed by atoms with Crippen molar-refractivity contribution < 1.29 is 23.8 Å². The average Bonchev–Trinajstić information content (AvgIpc) is 3.68. The van der Waals surface area contributed by atoms with E-state index in [-0.39, 0.29) is 28.0 Å². The number of halogens is 1. The molecule has 1 unspecified atom stereocenters. The van der Waals surface area contributed by atoms with Crippen LogP contribution in [0.5, 0.6) is 5.75 Å². The van der Waals surface area contributed by atoms with Gasteiger partial charge in [0.05, 0.1) is 23.9 Å². The van der Waals surface area contributed by atoms with Gasteiger partial charge in [0.25, 0.3) is 5.78 Å².